The first kappa shape index (κ1) is 11.0. The van der Waals surface area contributed by atoms with Crippen LogP contribution in [-0.2, 0) is 6.54 Å². The van der Waals surface area contributed by atoms with Crippen molar-refractivity contribution in [2.24, 2.45) is 0 Å². The number of aryl methyl sites for hydroxylation is 1. The van der Waals surface area contributed by atoms with E-state index >= 15 is 0 Å². The first-order valence-corrected chi connectivity index (χ1v) is 5.68. The highest BCUT2D eigenvalue weighted by Crippen LogP contribution is 2.27. The molecular formula is C12H14ClN3. The summed E-state index contributed by atoms with van der Waals surface area (Å²) in [6.07, 6.45) is 1.01. The maximum Gasteiger partial charge on any atom is 0.122 e. The van der Waals surface area contributed by atoms with E-state index in [0.29, 0.717) is 10.8 Å². The zero-order valence-electron chi connectivity index (χ0n) is 9.15. The molecule has 16 heavy (non-hydrogen) atoms. The zero-order chi connectivity index (χ0) is 11.5. The van der Waals surface area contributed by atoms with Crippen molar-refractivity contribution in [2.45, 2.75) is 19.9 Å². The lowest BCUT2D eigenvalue weighted by Crippen LogP contribution is -2.03. The second-order valence-electron chi connectivity index (χ2n) is 3.66. The molecule has 0 aliphatic carbocycles. The molecule has 0 saturated heterocycles. The summed E-state index contributed by atoms with van der Waals surface area (Å²) in [6.45, 7) is 2.92. The Balaban J connectivity index is 2.42. The third-order valence-electron chi connectivity index (χ3n) is 2.40. The number of nitrogens with two attached hydrogens (primary N) is 1. The fourth-order valence-corrected chi connectivity index (χ4v) is 1.86. The van der Waals surface area contributed by atoms with E-state index in [0.717, 1.165) is 24.2 Å². The minimum absolute atomic E-state index is 0.678. The number of anilines is 1. The predicted molar refractivity (Wildman–Crippen MR) is 67.4 cm³/mol. The van der Waals surface area contributed by atoms with Crippen molar-refractivity contribution >= 4 is 17.4 Å². The molecular weight excluding hydrogens is 222 g/mol. The van der Waals surface area contributed by atoms with Crippen LogP contribution in [0, 0.1) is 0 Å². The van der Waals surface area contributed by atoms with Crippen molar-refractivity contribution in [3.05, 3.63) is 35.4 Å². The fourth-order valence-electron chi connectivity index (χ4n) is 1.62. The van der Waals surface area contributed by atoms with Crippen molar-refractivity contribution in [1.29, 1.82) is 0 Å². The van der Waals surface area contributed by atoms with Gasteiger partial charge in [0.1, 0.15) is 5.82 Å². The van der Waals surface area contributed by atoms with E-state index in [4.69, 9.17) is 17.3 Å². The van der Waals surface area contributed by atoms with Gasteiger partial charge in [-0.25, -0.2) is 4.68 Å². The number of nitrogens with zero attached hydrogens (tertiary/aromatic N) is 2. The molecule has 0 bridgehead atoms. The van der Waals surface area contributed by atoms with E-state index in [2.05, 4.69) is 12.0 Å². The average Bonchev–Trinajstić information content (AvgIpc) is 2.61. The smallest absolute Gasteiger partial charge is 0.122 e. The van der Waals surface area contributed by atoms with Crippen molar-refractivity contribution in [1.82, 2.24) is 9.78 Å². The lowest BCUT2D eigenvalue weighted by atomic mass is 10.1. The van der Waals surface area contributed by atoms with E-state index < -0.39 is 0 Å². The van der Waals surface area contributed by atoms with Gasteiger partial charge in [-0.15, -0.1) is 0 Å². The monoisotopic (exact) mass is 235 g/mol. The van der Waals surface area contributed by atoms with Crippen LogP contribution < -0.4 is 5.73 Å². The minimum Gasteiger partial charge on any atom is -0.384 e. The van der Waals surface area contributed by atoms with E-state index in [1.807, 2.05) is 30.3 Å². The predicted octanol–water partition coefficient (Wildman–Crippen LogP) is 3.20. The molecule has 2 rings (SSSR count). The van der Waals surface area contributed by atoms with Crippen LogP contribution in [0.2, 0.25) is 5.02 Å². The Labute approximate surface area is 99.8 Å². The van der Waals surface area contributed by atoms with E-state index in [1.54, 1.807) is 4.68 Å². The van der Waals surface area contributed by atoms with Crippen LogP contribution in [0.4, 0.5) is 5.82 Å². The summed E-state index contributed by atoms with van der Waals surface area (Å²) in [4.78, 5) is 0. The molecule has 0 fully saturated rings. The van der Waals surface area contributed by atoms with Crippen LogP contribution in [-0.4, -0.2) is 9.78 Å². The zero-order valence-corrected chi connectivity index (χ0v) is 9.91. The molecule has 1 heterocycles. The van der Waals surface area contributed by atoms with Gasteiger partial charge in [-0.1, -0.05) is 36.7 Å². The first-order chi connectivity index (χ1) is 7.72. The molecule has 0 spiro atoms. The summed E-state index contributed by atoms with van der Waals surface area (Å²) in [6, 6.07) is 9.50. The Morgan fingerprint density at radius 1 is 1.38 bits per heavy atom. The van der Waals surface area contributed by atoms with Crippen LogP contribution in [0.15, 0.2) is 30.3 Å². The molecule has 3 nitrogen and oxygen atoms in total. The molecule has 2 N–H and O–H groups in total. The largest absolute Gasteiger partial charge is 0.384 e. The standard InChI is InChI=1S/C12H14ClN3/c1-2-7-16-12(14)8-11(15-16)9-5-3-4-6-10(9)13/h3-6,8H,2,7,14H2,1H3. The maximum atomic E-state index is 6.11. The van der Waals surface area contributed by atoms with Gasteiger partial charge in [-0.3, -0.25) is 0 Å². The topological polar surface area (TPSA) is 43.8 Å². The molecule has 2 aromatic rings. The molecule has 0 unspecified atom stereocenters. The number of halogens is 1. The SMILES string of the molecule is CCCn1nc(-c2ccccc2Cl)cc1N. The average molecular weight is 236 g/mol. The third kappa shape index (κ3) is 2.04. The van der Waals surface area contributed by atoms with Gasteiger partial charge in [0.25, 0.3) is 0 Å². The molecule has 0 saturated carbocycles. The van der Waals surface area contributed by atoms with Crippen molar-refractivity contribution in [3.63, 3.8) is 0 Å². The van der Waals surface area contributed by atoms with Gasteiger partial charge >= 0.3 is 0 Å². The maximum absolute atomic E-state index is 6.11. The summed E-state index contributed by atoms with van der Waals surface area (Å²) in [7, 11) is 0. The van der Waals surface area contributed by atoms with Crippen LogP contribution in [0.3, 0.4) is 0 Å². The van der Waals surface area contributed by atoms with Crippen LogP contribution in [0.1, 0.15) is 13.3 Å². The molecule has 84 valence electrons. The Morgan fingerprint density at radius 3 is 2.81 bits per heavy atom. The van der Waals surface area contributed by atoms with Gasteiger partial charge in [0, 0.05) is 18.2 Å². The van der Waals surface area contributed by atoms with Gasteiger partial charge in [-0.05, 0) is 12.5 Å². The lowest BCUT2D eigenvalue weighted by molar-refractivity contribution is 0.613. The molecule has 0 aliphatic heterocycles. The van der Waals surface area contributed by atoms with E-state index in [9.17, 15) is 0 Å². The molecule has 4 heteroatoms. The third-order valence-corrected chi connectivity index (χ3v) is 2.73. The summed E-state index contributed by atoms with van der Waals surface area (Å²) in [5, 5.41) is 5.14. The highest BCUT2D eigenvalue weighted by Gasteiger charge is 2.08. The van der Waals surface area contributed by atoms with Gasteiger partial charge in [0.15, 0.2) is 0 Å². The van der Waals surface area contributed by atoms with Crippen molar-refractivity contribution < 1.29 is 0 Å². The number of rotatable bonds is 3. The Hall–Kier alpha value is -1.48. The van der Waals surface area contributed by atoms with E-state index in [1.165, 1.54) is 0 Å². The first-order valence-electron chi connectivity index (χ1n) is 5.30. The normalized spacial score (nSPS) is 10.6. The summed E-state index contributed by atoms with van der Waals surface area (Å²) < 4.78 is 1.80. The van der Waals surface area contributed by atoms with Crippen molar-refractivity contribution in [2.75, 3.05) is 5.73 Å². The number of hydrogen-bond acceptors (Lipinski definition) is 2. The van der Waals surface area contributed by atoms with Gasteiger partial charge < -0.3 is 5.73 Å². The Kier molecular flexibility index (Phi) is 3.15. The quantitative estimate of drug-likeness (QED) is 0.888. The molecule has 0 aliphatic rings. The number of hydrogen-bond donors (Lipinski definition) is 1. The molecule has 1 aromatic carbocycles. The summed E-state index contributed by atoms with van der Waals surface area (Å²) in [5.41, 5.74) is 7.62. The van der Waals surface area contributed by atoms with Crippen LogP contribution >= 0.6 is 11.6 Å². The van der Waals surface area contributed by atoms with Gasteiger partial charge in [0.05, 0.1) is 10.7 Å². The number of nitrogen functional groups attached to an aromatic ring is 1. The fraction of sp³-hybridized carbons (Fsp3) is 0.250. The molecule has 0 amide bonds. The molecule has 0 radical (unpaired) electrons. The molecule has 0 atom stereocenters. The molecule has 1 aromatic heterocycles. The highest BCUT2D eigenvalue weighted by atomic mass is 35.5. The Bertz CT molecular complexity index is 491. The number of aromatic nitrogens is 2. The minimum atomic E-state index is 0.678. The second kappa shape index (κ2) is 4.58. The lowest BCUT2D eigenvalue weighted by Gasteiger charge is -2.00. The highest BCUT2D eigenvalue weighted by molar-refractivity contribution is 6.33. The van der Waals surface area contributed by atoms with Gasteiger partial charge in [-0.2, -0.15) is 5.10 Å². The summed E-state index contributed by atoms with van der Waals surface area (Å²) >= 11 is 6.11. The second-order valence-corrected chi connectivity index (χ2v) is 4.06. The van der Waals surface area contributed by atoms with Crippen molar-refractivity contribution in [3.8, 4) is 11.3 Å². The Morgan fingerprint density at radius 2 is 2.12 bits per heavy atom. The van der Waals surface area contributed by atoms with Gasteiger partial charge in [0.2, 0.25) is 0 Å². The summed E-state index contributed by atoms with van der Waals surface area (Å²) in [5.74, 6) is 0.678. The van der Waals surface area contributed by atoms with Crippen LogP contribution in [0.25, 0.3) is 11.3 Å². The number of benzene rings is 1. The van der Waals surface area contributed by atoms with Crippen LogP contribution in [0.5, 0.6) is 0 Å². The van der Waals surface area contributed by atoms with E-state index in [-0.39, 0.29) is 0 Å².